The van der Waals surface area contributed by atoms with Crippen molar-refractivity contribution in [1.82, 2.24) is 5.32 Å². The molecule has 0 aliphatic rings. The van der Waals surface area contributed by atoms with Crippen LogP contribution in [0.15, 0.2) is 24.3 Å². The Morgan fingerprint density at radius 3 is 2.45 bits per heavy atom. The Balaban J connectivity index is 2.54. The smallest absolute Gasteiger partial charge is 0.312 e. The number of carboxylic acid groups (broad SMARTS) is 1. The van der Waals surface area contributed by atoms with Crippen LogP contribution in [0, 0.1) is 5.82 Å². The molecule has 5 heteroatoms. The second-order valence-electron chi connectivity index (χ2n) is 4.70. The molecular weight excluding hydrogens is 261 g/mol. The third-order valence-electron chi connectivity index (χ3n) is 3.08. The average Bonchev–Trinajstić information content (AvgIpc) is 2.41. The van der Waals surface area contributed by atoms with Crippen LogP contribution >= 0.6 is 0 Å². The highest BCUT2D eigenvalue weighted by atomic mass is 19.1. The third kappa shape index (κ3) is 5.38. The summed E-state index contributed by atoms with van der Waals surface area (Å²) in [7, 11) is 0. The molecule has 1 unspecified atom stereocenters. The first-order chi connectivity index (χ1) is 9.54. The molecule has 1 aromatic rings. The van der Waals surface area contributed by atoms with E-state index in [1.54, 1.807) is 0 Å². The lowest BCUT2D eigenvalue weighted by molar-refractivity contribution is -0.138. The highest BCUT2D eigenvalue weighted by molar-refractivity contribution is 5.79. The minimum atomic E-state index is -1.04. The van der Waals surface area contributed by atoms with Crippen LogP contribution in [0.1, 0.15) is 44.1 Å². The molecule has 0 radical (unpaired) electrons. The van der Waals surface area contributed by atoms with Gasteiger partial charge in [0.25, 0.3) is 0 Å². The van der Waals surface area contributed by atoms with Crippen LogP contribution in [0.3, 0.4) is 0 Å². The molecule has 110 valence electrons. The van der Waals surface area contributed by atoms with Gasteiger partial charge in [-0.3, -0.25) is 9.59 Å². The summed E-state index contributed by atoms with van der Waals surface area (Å²) in [6.07, 6.45) is 3.22. The Kier molecular flexibility index (Phi) is 6.70. The Bertz CT molecular complexity index is 445. The molecule has 0 spiro atoms. The predicted molar refractivity (Wildman–Crippen MR) is 73.9 cm³/mol. The number of aliphatic carboxylic acids is 1. The van der Waals surface area contributed by atoms with Crippen molar-refractivity contribution in [2.75, 3.05) is 6.54 Å². The number of rotatable bonds is 8. The average molecular weight is 281 g/mol. The lowest BCUT2D eigenvalue weighted by Crippen LogP contribution is -2.31. The van der Waals surface area contributed by atoms with Gasteiger partial charge in [0.2, 0.25) is 5.91 Å². The highest BCUT2D eigenvalue weighted by Gasteiger charge is 2.20. The fourth-order valence-corrected chi connectivity index (χ4v) is 1.88. The van der Waals surface area contributed by atoms with Crippen LogP contribution in [0.25, 0.3) is 0 Å². The van der Waals surface area contributed by atoms with E-state index in [1.165, 1.54) is 24.3 Å². The topological polar surface area (TPSA) is 66.4 Å². The maximum atomic E-state index is 12.8. The Hall–Kier alpha value is -1.91. The second kappa shape index (κ2) is 8.30. The lowest BCUT2D eigenvalue weighted by atomic mass is 9.99. The Morgan fingerprint density at radius 2 is 1.90 bits per heavy atom. The zero-order valence-corrected chi connectivity index (χ0v) is 11.6. The summed E-state index contributed by atoms with van der Waals surface area (Å²) in [5.74, 6) is -2.45. The van der Waals surface area contributed by atoms with Gasteiger partial charge in [-0.15, -0.1) is 0 Å². The quantitative estimate of drug-likeness (QED) is 0.720. The number of carbonyl (C=O) groups excluding carboxylic acids is 1. The van der Waals surface area contributed by atoms with Gasteiger partial charge in [-0.05, 0) is 24.1 Å². The Labute approximate surface area is 118 Å². The molecule has 1 amide bonds. The molecule has 1 atom stereocenters. The fourth-order valence-electron chi connectivity index (χ4n) is 1.88. The standard InChI is InChI=1S/C15H20FNO3/c1-2-3-4-5-14(18)17-10-13(15(19)20)11-6-8-12(16)9-7-11/h6-9,13H,2-5,10H2,1H3,(H,17,18)(H,19,20). The van der Waals surface area contributed by atoms with Crippen LogP contribution in [0.4, 0.5) is 4.39 Å². The molecule has 1 aromatic carbocycles. The van der Waals surface area contributed by atoms with Crippen LogP contribution in [0.5, 0.6) is 0 Å². The van der Waals surface area contributed by atoms with E-state index in [2.05, 4.69) is 5.32 Å². The van der Waals surface area contributed by atoms with Gasteiger partial charge in [0.1, 0.15) is 5.82 Å². The van der Waals surface area contributed by atoms with E-state index < -0.39 is 17.7 Å². The number of carboxylic acids is 1. The maximum Gasteiger partial charge on any atom is 0.312 e. The summed E-state index contributed by atoms with van der Waals surface area (Å²) in [4.78, 5) is 22.8. The van der Waals surface area contributed by atoms with Gasteiger partial charge >= 0.3 is 5.97 Å². The van der Waals surface area contributed by atoms with Crippen LogP contribution in [0.2, 0.25) is 0 Å². The van der Waals surface area contributed by atoms with Gasteiger partial charge in [0.05, 0.1) is 5.92 Å². The summed E-state index contributed by atoms with van der Waals surface area (Å²) < 4.78 is 12.8. The van der Waals surface area contributed by atoms with E-state index in [0.29, 0.717) is 12.0 Å². The first-order valence-corrected chi connectivity index (χ1v) is 6.79. The van der Waals surface area contributed by atoms with Crippen molar-refractivity contribution < 1.29 is 19.1 Å². The molecule has 20 heavy (non-hydrogen) atoms. The molecule has 2 N–H and O–H groups in total. The summed E-state index contributed by atoms with van der Waals surface area (Å²) in [5, 5.41) is 11.8. The van der Waals surface area contributed by atoms with E-state index in [-0.39, 0.29) is 12.5 Å². The number of nitrogens with one attached hydrogen (secondary N) is 1. The molecule has 0 bridgehead atoms. The molecule has 1 rings (SSSR count). The van der Waals surface area contributed by atoms with Crippen molar-refractivity contribution in [3.63, 3.8) is 0 Å². The summed E-state index contributed by atoms with van der Waals surface area (Å²) in [6.45, 7) is 2.07. The number of amides is 1. The number of unbranched alkanes of at least 4 members (excludes halogenated alkanes) is 2. The van der Waals surface area contributed by atoms with Gasteiger partial charge in [0, 0.05) is 13.0 Å². The summed E-state index contributed by atoms with van der Waals surface area (Å²) in [6, 6.07) is 5.29. The molecule has 0 fully saturated rings. The van der Waals surface area contributed by atoms with E-state index in [4.69, 9.17) is 0 Å². The zero-order chi connectivity index (χ0) is 15.0. The van der Waals surface area contributed by atoms with Crippen molar-refractivity contribution in [3.8, 4) is 0 Å². The monoisotopic (exact) mass is 281 g/mol. The third-order valence-corrected chi connectivity index (χ3v) is 3.08. The number of hydrogen-bond donors (Lipinski definition) is 2. The molecule has 0 heterocycles. The van der Waals surface area contributed by atoms with E-state index in [0.717, 1.165) is 19.3 Å². The van der Waals surface area contributed by atoms with Crippen LogP contribution in [-0.2, 0) is 9.59 Å². The molecule has 4 nitrogen and oxygen atoms in total. The summed E-state index contributed by atoms with van der Waals surface area (Å²) in [5.41, 5.74) is 0.479. The first kappa shape index (κ1) is 16.1. The predicted octanol–water partition coefficient (Wildman–Crippen LogP) is 2.69. The van der Waals surface area contributed by atoms with Crippen molar-refractivity contribution in [1.29, 1.82) is 0 Å². The van der Waals surface area contributed by atoms with Gasteiger partial charge in [-0.1, -0.05) is 31.9 Å². The molecular formula is C15H20FNO3. The van der Waals surface area contributed by atoms with Crippen molar-refractivity contribution >= 4 is 11.9 Å². The van der Waals surface area contributed by atoms with Gasteiger partial charge in [-0.25, -0.2) is 4.39 Å². The van der Waals surface area contributed by atoms with Gasteiger partial charge < -0.3 is 10.4 Å². The van der Waals surface area contributed by atoms with Crippen LogP contribution < -0.4 is 5.32 Å². The number of carbonyl (C=O) groups is 2. The lowest BCUT2D eigenvalue weighted by Gasteiger charge is -2.14. The normalized spacial score (nSPS) is 11.9. The highest BCUT2D eigenvalue weighted by Crippen LogP contribution is 2.16. The number of hydrogen-bond acceptors (Lipinski definition) is 2. The minimum Gasteiger partial charge on any atom is -0.481 e. The largest absolute Gasteiger partial charge is 0.481 e. The molecule has 0 saturated heterocycles. The summed E-state index contributed by atoms with van der Waals surface area (Å²) >= 11 is 0. The SMILES string of the molecule is CCCCCC(=O)NCC(C(=O)O)c1ccc(F)cc1. The van der Waals surface area contributed by atoms with Crippen molar-refractivity contribution in [3.05, 3.63) is 35.6 Å². The van der Waals surface area contributed by atoms with Gasteiger partial charge in [0.15, 0.2) is 0 Å². The molecule has 0 aliphatic heterocycles. The molecule has 0 aliphatic carbocycles. The maximum absolute atomic E-state index is 12.8. The first-order valence-electron chi connectivity index (χ1n) is 6.79. The second-order valence-corrected chi connectivity index (χ2v) is 4.70. The fraction of sp³-hybridized carbons (Fsp3) is 0.467. The number of halogens is 1. The van der Waals surface area contributed by atoms with Gasteiger partial charge in [-0.2, -0.15) is 0 Å². The molecule has 0 aromatic heterocycles. The minimum absolute atomic E-state index is 0.0198. The van der Waals surface area contributed by atoms with Crippen molar-refractivity contribution in [2.24, 2.45) is 0 Å². The van der Waals surface area contributed by atoms with Crippen molar-refractivity contribution in [2.45, 2.75) is 38.5 Å². The van der Waals surface area contributed by atoms with Crippen LogP contribution in [-0.4, -0.2) is 23.5 Å². The van der Waals surface area contributed by atoms with E-state index >= 15 is 0 Å². The number of benzene rings is 1. The Morgan fingerprint density at radius 1 is 1.25 bits per heavy atom. The van der Waals surface area contributed by atoms with E-state index in [1.807, 2.05) is 6.92 Å². The molecule has 0 saturated carbocycles. The van der Waals surface area contributed by atoms with E-state index in [9.17, 15) is 19.1 Å². The zero-order valence-electron chi connectivity index (χ0n) is 11.6.